The van der Waals surface area contributed by atoms with Gasteiger partial charge in [-0.2, -0.15) is 0 Å². The molecule has 1 atom stereocenters. The van der Waals surface area contributed by atoms with E-state index in [9.17, 15) is 9.90 Å². The Bertz CT molecular complexity index is 499. The smallest absolute Gasteiger partial charge is 0.240 e. The lowest BCUT2D eigenvalue weighted by molar-refractivity contribution is -0.130. The van der Waals surface area contributed by atoms with E-state index in [0.717, 1.165) is 0 Å². The van der Waals surface area contributed by atoms with Crippen molar-refractivity contribution in [3.63, 3.8) is 0 Å². The molecular weight excluding hydrogens is 315 g/mol. The van der Waals surface area contributed by atoms with Crippen molar-refractivity contribution in [2.45, 2.75) is 24.5 Å². The van der Waals surface area contributed by atoms with Crippen molar-refractivity contribution in [2.24, 2.45) is 5.73 Å². The van der Waals surface area contributed by atoms with Gasteiger partial charge in [-0.15, -0.1) is 0 Å². The lowest BCUT2D eigenvalue weighted by Gasteiger charge is -2.32. The van der Waals surface area contributed by atoms with Gasteiger partial charge in [0, 0.05) is 29.8 Å². The summed E-state index contributed by atoms with van der Waals surface area (Å²) in [6.45, 7) is 0.988. The molecule has 4 N–H and O–H groups in total. The summed E-state index contributed by atoms with van der Waals surface area (Å²) in [6.07, 6.45) is 0.0455. The second-order valence-corrected chi connectivity index (χ2v) is 6.07. The van der Waals surface area contributed by atoms with E-state index in [1.54, 1.807) is 18.2 Å². The maximum Gasteiger partial charge on any atom is 0.240 e. The van der Waals surface area contributed by atoms with Gasteiger partial charge in [0.2, 0.25) is 5.91 Å². The number of benzene rings is 1. The minimum absolute atomic E-state index is 0.0509. The topological polar surface area (TPSA) is 84.6 Å². The van der Waals surface area contributed by atoms with E-state index < -0.39 is 11.6 Å². The fourth-order valence-electron chi connectivity index (χ4n) is 2.21. The Morgan fingerprint density at radius 1 is 1.33 bits per heavy atom. The molecule has 116 valence electrons. The van der Waals surface area contributed by atoms with E-state index in [2.05, 4.69) is 5.32 Å². The van der Waals surface area contributed by atoms with E-state index >= 15 is 0 Å². The van der Waals surface area contributed by atoms with Crippen LogP contribution in [0.25, 0.3) is 0 Å². The van der Waals surface area contributed by atoms with Gasteiger partial charge in [0.05, 0.1) is 11.6 Å². The van der Waals surface area contributed by atoms with E-state index in [0.29, 0.717) is 41.7 Å². The van der Waals surface area contributed by atoms with Crippen molar-refractivity contribution in [1.82, 2.24) is 5.32 Å². The highest BCUT2D eigenvalue weighted by Crippen LogP contribution is 2.23. The number of hydrogen-bond donors (Lipinski definition) is 3. The third-order valence-electron chi connectivity index (χ3n) is 3.56. The Kier molecular flexibility index (Phi) is 5.46. The predicted molar refractivity (Wildman–Crippen MR) is 81.4 cm³/mol. The summed E-state index contributed by atoms with van der Waals surface area (Å²) in [5, 5.41) is 13.6. The minimum atomic E-state index is -0.927. The van der Waals surface area contributed by atoms with Gasteiger partial charge >= 0.3 is 0 Å². The number of nitrogens with two attached hydrogens (primary N) is 1. The molecule has 0 saturated carbocycles. The van der Waals surface area contributed by atoms with Crippen molar-refractivity contribution in [3.05, 3.63) is 33.8 Å². The zero-order valence-electron chi connectivity index (χ0n) is 11.4. The molecule has 2 rings (SSSR count). The van der Waals surface area contributed by atoms with Crippen LogP contribution in [0.5, 0.6) is 0 Å². The molecule has 0 aromatic heterocycles. The zero-order chi connectivity index (χ0) is 15.5. The van der Waals surface area contributed by atoms with Crippen molar-refractivity contribution >= 4 is 29.1 Å². The van der Waals surface area contributed by atoms with Gasteiger partial charge in [-0.3, -0.25) is 4.79 Å². The fraction of sp³-hybridized carbons (Fsp3) is 0.500. The molecule has 1 unspecified atom stereocenters. The van der Waals surface area contributed by atoms with Crippen LogP contribution >= 0.6 is 23.2 Å². The van der Waals surface area contributed by atoms with Gasteiger partial charge in [-0.05, 0) is 36.6 Å². The number of rotatable bonds is 4. The summed E-state index contributed by atoms with van der Waals surface area (Å²) < 4.78 is 5.20. The van der Waals surface area contributed by atoms with Crippen LogP contribution in [-0.2, 0) is 9.53 Å². The molecule has 1 aliphatic rings. The first kappa shape index (κ1) is 16.5. The molecule has 0 radical (unpaired) electrons. The maximum atomic E-state index is 12.1. The van der Waals surface area contributed by atoms with Crippen LogP contribution in [0.4, 0.5) is 0 Å². The number of carbonyl (C=O) groups is 1. The molecule has 21 heavy (non-hydrogen) atoms. The molecule has 7 heteroatoms. The molecule has 0 bridgehead atoms. The first-order valence-electron chi connectivity index (χ1n) is 6.70. The van der Waals surface area contributed by atoms with Crippen LogP contribution in [0.1, 0.15) is 24.5 Å². The normalized spacial score (nSPS) is 19.0. The summed E-state index contributed by atoms with van der Waals surface area (Å²) in [4.78, 5) is 12.1. The summed E-state index contributed by atoms with van der Waals surface area (Å²) in [5.41, 5.74) is 5.68. The molecule has 0 aliphatic carbocycles. The van der Waals surface area contributed by atoms with Gasteiger partial charge in [0.25, 0.3) is 0 Å². The molecule has 1 amide bonds. The van der Waals surface area contributed by atoms with E-state index in [1.165, 1.54) is 0 Å². The third kappa shape index (κ3) is 4.31. The van der Waals surface area contributed by atoms with E-state index in [1.807, 2.05) is 0 Å². The number of ether oxygens (including phenoxy) is 1. The maximum absolute atomic E-state index is 12.1. The quantitative estimate of drug-likeness (QED) is 0.782. The predicted octanol–water partition coefficient (Wildman–Crippen LogP) is 1.65. The highest BCUT2D eigenvalue weighted by Gasteiger charge is 2.35. The largest absolute Gasteiger partial charge is 0.387 e. The molecule has 1 aromatic rings. The van der Waals surface area contributed by atoms with Crippen molar-refractivity contribution in [1.29, 1.82) is 0 Å². The Morgan fingerprint density at radius 2 is 1.90 bits per heavy atom. The molecule has 5 nitrogen and oxygen atoms in total. The Morgan fingerprint density at radius 3 is 2.48 bits per heavy atom. The number of aliphatic hydroxyl groups excluding tert-OH is 1. The third-order valence-corrected chi connectivity index (χ3v) is 4.00. The Labute approximate surface area is 133 Å². The number of aliphatic hydroxyl groups is 1. The summed E-state index contributed by atoms with van der Waals surface area (Å²) >= 11 is 11.8. The van der Waals surface area contributed by atoms with Crippen LogP contribution in [0.2, 0.25) is 10.0 Å². The summed E-state index contributed by atoms with van der Waals surface area (Å²) in [6, 6.07) is 4.79. The van der Waals surface area contributed by atoms with Crippen molar-refractivity contribution in [3.8, 4) is 0 Å². The molecule has 1 heterocycles. The summed E-state index contributed by atoms with van der Waals surface area (Å²) in [7, 11) is 0. The number of carbonyl (C=O) groups excluding carboxylic acids is 1. The Balaban J connectivity index is 1.94. The monoisotopic (exact) mass is 332 g/mol. The molecule has 1 aliphatic heterocycles. The van der Waals surface area contributed by atoms with Crippen LogP contribution in [0.3, 0.4) is 0 Å². The van der Waals surface area contributed by atoms with E-state index in [-0.39, 0.29) is 12.5 Å². The van der Waals surface area contributed by atoms with Crippen molar-refractivity contribution in [2.75, 3.05) is 19.8 Å². The second-order valence-electron chi connectivity index (χ2n) is 5.20. The van der Waals surface area contributed by atoms with Crippen LogP contribution in [0, 0.1) is 0 Å². The fourth-order valence-corrected chi connectivity index (χ4v) is 2.76. The van der Waals surface area contributed by atoms with Crippen molar-refractivity contribution < 1.29 is 14.6 Å². The number of halogens is 2. The van der Waals surface area contributed by atoms with Crippen LogP contribution in [-0.4, -0.2) is 36.3 Å². The first-order chi connectivity index (χ1) is 9.90. The highest BCUT2D eigenvalue weighted by molar-refractivity contribution is 6.34. The average Bonchev–Trinajstić information content (AvgIpc) is 2.44. The van der Waals surface area contributed by atoms with E-state index in [4.69, 9.17) is 33.7 Å². The van der Waals surface area contributed by atoms with Crippen LogP contribution < -0.4 is 11.1 Å². The standard InChI is InChI=1S/C14H18Cl2N2O3/c15-10-5-9(6-11(16)7-10)12(19)8-18-13(20)14(17)1-3-21-4-2-14/h5-7,12,19H,1-4,8,17H2,(H,18,20). The lowest BCUT2D eigenvalue weighted by atomic mass is 9.90. The SMILES string of the molecule is NC1(C(=O)NCC(O)c2cc(Cl)cc(Cl)c2)CCOCC1. The molecule has 1 aromatic carbocycles. The molecule has 0 spiro atoms. The first-order valence-corrected chi connectivity index (χ1v) is 7.45. The second kappa shape index (κ2) is 6.94. The molecular formula is C14H18Cl2N2O3. The molecule has 1 saturated heterocycles. The number of amides is 1. The van der Waals surface area contributed by atoms with Crippen LogP contribution in [0.15, 0.2) is 18.2 Å². The lowest BCUT2D eigenvalue weighted by Crippen LogP contribution is -2.57. The van der Waals surface area contributed by atoms with Gasteiger partial charge in [0.1, 0.15) is 0 Å². The zero-order valence-corrected chi connectivity index (χ0v) is 13.0. The Hall–Kier alpha value is -0.850. The average molecular weight is 333 g/mol. The van der Waals surface area contributed by atoms with Gasteiger partial charge in [0.15, 0.2) is 0 Å². The molecule has 1 fully saturated rings. The van der Waals surface area contributed by atoms with Gasteiger partial charge < -0.3 is 20.9 Å². The summed E-state index contributed by atoms with van der Waals surface area (Å²) in [5.74, 6) is -0.280. The van der Waals surface area contributed by atoms with Gasteiger partial charge in [-0.25, -0.2) is 0 Å². The highest BCUT2D eigenvalue weighted by atomic mass is 35.5. The van der Waals surface area contributed by atoms with Gasteiger partial charge in [-0.1, -0.05) is 23.2 Å². The number of nitrogens with one attached hydrogen (secondary N) is 1. The minimum Gasteiger partial charge on any atom is -0.387 e. The number of hydrogen-bond acceptors (Lipinski definition) is 4.